The highest BCUT2D eigenvalue weighted by molar-refractivity contribution is 6.30. The van der Waals surface area contributed by atoms with Crippen LogP contribution in [0.5, 0.6) is 5.75 Å². The highest BCUT2D eigenvalue weighted by Gasteiger charge is 2.10. The number of para-hydroxylation sites is 1. The van der Waals surface area contributed by atoms with Crippen LogP contribution in [0.1, 0.15) is 17.0 Å². The van der Waals surface area contributed by atoms with Gasteiger partial charge in [0.2, 0.25) is 11.9 Å². The maximum Gasteiger partial charge on any atom is 0.326 e. The van der Waals surface area contributed by atoms with E-state index in [1.54, 1.807) is 31.4 Å². The lowest BCUT2D eigenvalue weighted by Gasteiger charge is -2.13. The van der Waals surface area contributed by atoms with Crippen LogP contribution in [-0.2, 0) is 6.54 Å². The van der Waals surface area contributed by atoms with E-state index in [1.165, 1.54) is 0 Å². The van der Waals surface area contributed by atoms with Gasteiger partial charge in [0.15, 0.2) is 0 Å². The van der Waals surface area contributed by atoms with Gasteiger partial charge in [-0.1, -0.05) is 29.8 Å². The Hall–Kier alpha value is -3.65. The summed E-state index contributed by atoms with van der Waals surface area (Å²) in [5.74, 6) is 1.24. The minimum absolute atomic E-state index is 0.197. The van der Waals surface area contributed by atoms with E-state index in [4.69, 9.17) is 16.3 Å². The average Bonchev–Trinajstić information content (AvgIpc) is 2.73. The monoisotopic (exact) mass is 438 g/mol. The van der Waals surface area contributed by atoms with Crippen molar-refractivity contribution >= 4 is 35.2 Å². The molecule has 0 bridgehead atoms. The number of methoxy groups -OCH3 is 1. The molecule has 2 aromatic carbocycles. The number of carbonyl (C=O) groups excluding carboxylic acids is 1. The lowest BCUT2D eigenvalue weighted by Crippen LogP contribution is -2.39. The first-order chi connectivity index (χ1) is 14.9. The lowest BCUT2D eigenvalue weighted by atomic mass is 10.2. The molecular formula is C22H23ClN6O2. The van der Waals surface area contributed by atoms with Gasteiger partial charge in [-0.2, -0.15) is 0 Å². The standard InChI is InChI=1S/C22H23ClN6O2/c1-14-12-15(2)26-21(25-14)28-20(24-13-16-6-4-5-7-19(16)31-3)29-22(30)27-18-10-8-17(23)9-11-18/h4-12H,13H2,1-3H3,(H3,24,25,26,27,28,29,30). The number of nitrogens with one attached hydrogen (secondary N) is 3. The number of ether oxygens (including phenoxy) is 1. The minimum atomic E-state index is -0.474. The molecule has 1 heterocycles. The second kappa shape index (κ2) is 10.4. The molecule has 0 fully saturated rings. The third-order valence-corrected chi connectivity index (χ3v) is 4.40. The van der Waals surface area contributed by atoms with Crippen molar-refractivity contribution in [2.24, 2.45) is 4.99 Å². The quantitative estimate of drug-likeness (QED) is 0.401. The van der Waals surface area contributed by atoms with Crippen molar-refractivity contribution in [3.63, 3.8) is 0 Å². The zero-order valence-corrected chi connectivity index (χ0v) is 18.2. The summed E-state index contributed by atoms with van der Waals surface area (Å²) in [7, 11) is 1.60. The van der Waals surface area contributed by atoms with Crippen LogP contribution >= 0.6 is 11.6 Å². The van der Waals surface area contributed by atoms with Crippen molar-refractivity contribution in [1.29, 1.82) is 0 Å². The van der Waals surface area contributed by atoms with E-state index in [-0.39, 0.29) is 12.5 Å². The van der Waals surface area contributed by atoms with Crippen molar-refractivity contribution in [2.75, 3.05) is 17.7 Å². The molecule has 0 saturated heterocycles. The molecular weight excluding hydrogens is 416 g/mol. The third-order valence-electron chi connectivity index (χ3n) is 4.15. The Labute approximate surface area is 185 Å². The molecule has 0 unspecified atom stereocenters. The Morgan fingerprint density at radius 3 is 2.39 bits per heavy atom. The Balaban J connectivity index is 1.80. The van der Waals surface area contributed by atoms with Gasteiger partial charge in [0.05, 0.1) is 13.7 Å². The number of amides is 2. The maximum atomic E-state index is 12.5. The van der Waals surface area contributed by atoms with Gasteiger partial charge >= 0.3 is 6.03 Å². The lowest BCUT2D eigenvalue weighted by molar-refractivity contribution is 0.256. The van der Waals surface area contributed by atoms with Crippen molar-refractivity contribution in [3.8, 4) is 5.75 Å². The molecule has 31 heavy (non-hydrogen) atoms. The number of urea groups is 1. The summed E-state index contributed by atoms with van der Waals surface area (Å²) < 4.78 is 5.37. The number of nitrogens with zero attached hydrogens (tertiary/aromatic N) is 3. The van der Waals surface area contributed by atoms with Gasteiger partial charge in [0, 0.05) is 27.7 Å². The second-order valence-corrected chi connectivity index (χ2v) is 7.10. The molecule has 1 aromatic heterocycles. The highest BCUT2D eigenvalue weighted by atomic mass is 35.5. The molecule has 3 N–H and O–H groups in total. The summed E-state index contributed by atoms with van der Waals surface area (Å²) in [5.41, 5.74) is 3.05. The largest absolute Gasteiger partial charge is 0.496 e. The molecule has 8 nitrogen and oxygen atoms in total. The van der Waals surface area contributed by atoms with E-state index in [1.807, 2.05) is 44.2 Å². The number of rotatable bonds is 5. The first kappa shape index (κ1) is 22.0. The van der Waals surface area contributed by atoms with Gasteiger partial charge in [-0.05, 0) is 50.2 Å². The number of aromatic nitrogens is 2. The Morgan fingerprint density at radius 2 is 1.71 bits per heavy atom. The van der Waals surface area contributed by atoms with Crippen LogP contribution in [0, 0.1) is 13.8 Å². The van der Waals surface area contributed by atoms with E-state index in [9.17, 15) is 4.79 Å². The summed E-state index contributed by atoms with van der Waals surface area (Å²) >= 11 is 5.89. The van der Waals surface area contributed by atoms with Crippen molar-refractivity contribution in [2.45, 2.75) is 20.4 Å². The average molecular weight is 439 g/mol. The minimum Gasteiger partial charge on any atom is -0.496 e. The number of guanidine groups is 1. The molecule has 0 atom stereocenters. The van der Waals surface area contributed by atoms with Gasteiger partial charge < -0.3 is 10.1 Å². The smallest absolute Gasteiger partial charge is 0.326 e. The van der Waals surface area contributed by atoms with Gasteiger partial charge in [0.1, 0.15) is 5.75 Å². The molecule has 0 spiro atoms. The molecule has 3 aromatic rings. The van der Waals surface area contributed by atoms with Gasteiger partial charge in [-0.15, -0.1) is 0 Å². The zero-order chi connectivity index (χ0) is 22.2. The summed E-state index contributed by atoms with van der Waals surface area (Å²) in [6.45, 7) is 4.01. The van der Waals surface area contributed by atoms with Crippen LogP contribution in [0.4, 0.5) is 16.4 Å². The topological polar surface area (TPSA) is 101 Å². The summed E-state index contributed by atoms with van der Waals surface area (Å²) in [5, 5.41) is 9.01. The molecule has 0 radical (unpaired) electrons. The molecule has 2 amide bonds. The molecule has 0 aliphatic rings. The normalized spacial score (nSPS) is 11.0. The van der Waals surface area contributed by atoms with Crippen LogP contribution in [0.2, 0.25) is 5.02 Å². The SMILES string of the molecule is COc1ccccc1CN=C(NC(=O)Nc1ccc(Cl)cc1)Nc1nc(C)cc(C)n1. The van der Waals surface area contributed by atoms with Crippen LogP contribution in [0.15, 0.2) is 59.6 Å². The predicted octanol–water partition coefficient (Wildman–Crippen LogP) is 4.55. The summed E-state index contributed by atoms with van der Waals surface area (Å²) in [6.07, 6.45) is 0. The summed E-state index contributed by atoms with van der Waals surface area (Å²) in [4.78, 5) is 25.7. The van der Waals surface area contributed by atoms with Crippen LogP contribution < -0.4 is 20.7 Å². The number of halogens is 1. The van der Waals surface area contributed by atoms with Crippen molar-refractivity contribution < 1.29 is 9.53 Å². The van der Waals surface area contributed by atoms with E-state index < -0.39 is 6.03 Å². The fraction of sp³-hybridized carbons (Fsp3) is 0.182. The number of carbonyl (C=O) groups is 1. The van der Waals surface area contributed by atoms with E-state index in [2.05, 4.69) is 30.9 Å². The first-order valence-electron chi connectivity index (χ1n) is 9.52. The molecule has 0 aliphatic heterocycles. The Bertz CT molecular complexity index is 1070. The third kappa shape index (κ3) is 6.68. The predicted molar refractivity (Wildman–Crippen MR) is 123 cm³/mol. The van der Waals surface area contributed by atoms with Gasteiger partial charge in [-0.25, -0.2) is 19.8 Å². The van der Waals surface area contributed by atoms with Gasteiger partial charge in [-0.3, -0.25) is 10.6 Å². The molecule has 3 rings (SSSR count). The molecule has 0 saturated carbocycles. The fourth-order valence-electron chi connectivity index (χ4n) is 2.80. The fourth-order valence-corrected chi connectivity index (χ4v) is 2.92. The van der Waals surface area contributed by atoms with Crippen LogP contribution in [0.25, 0.3) is 0 Å². The molecule has 9 heteroatoms. The molecule has 0 aliphatic carbocycles. The van der Waals surface area contributed by atoms with Gasteiger partial charge in [0.25, 0.3) is 0 Å². The second-order valence-electron chi connectivity index (χ2n) is 6.66. The van der Waals surface area contributed by atoms with E-state index in [0.29, 0.717) is 22.4 Å². The number of hydrogen-bond donors (Lipinski definition) is 3. The summed E-state index contributed by atoms with van der Waals surface area (Å²) in [6, 6.07) is 15.7. The number of anilines is 2. The maximum absolute atomic E-state index is 12.5. The number of aliphatic imine (C=N–C) groups is 1. The Kier molecular flexibility index (Phi) is 7.40. The van der Waals surface area contributed by atoms with Crippen molar-refractivity contribution in [3.05, 3.63) is 76.6 Å². The number of aryl methyl sites for hydroxylation is 2. The van der Waals surface area contributed by atoms with E-state index in [0.717, 1.165) is 17.0 Å². The Morgan fingerprint density at radius 1 is 1.03 bits per heavy atom. The number of hydrogen-bond acceptors (Lipinski definition) is 5. The molecule has 160 valence electrons. The first-order valence-corrected chi connectivity index (χ1v) is 9.90. The number of benzene rings is 2. The van der Waals surface area contributed by atoms with Crippen LogP contribution in [-0.4, -0.2) is 29.1 Å². The van der Waals surface area contributed by atoms with Crippen molar-refractivity contribution in [1.82, 2.24) is 15.3 Å². The highest BCUT2D eigenvalue weighted by Crippen LogP contribution is 2.18. The zero-order valence-electron chi connectivity index (χ0n) is 17.4. The van der Waals surface area contributed by atoms with Crippen LogP contribution in [0.3, 0.4) is 0 Å². The van der Waals surface area contributed by atoms with E-state index >= 15 is 0 Å².